The van der Waals surface area contributed by atoms with Crippen LogP contribution in [0.3, 0.4) is 0 Å². The van der Waals surface area contributed by atoms with E-state index in [1.54, 1.807) is 0 Å². The Labute approximate surface area is 89.8 Å². The maximum Gasteiger partial charge on any atom is 0.281 e. The summed E-state index contributed by atoms with van der Waals surface area (Å²) in [6.45, 7) is 0. The van der Waals surface area contributed by atoms with Crippen LogP contribution < -0.4 is 5.73 Å². The molecule has 0 fully saturated rings. The maximum absolute atomic E-state index is 12.2. The van der Waals surface area contributed by atoms with E-state index in [0.717, 1.165) is 0 Å². The van der Waals surface area contributed by atoms with Crippen LogP contribution in [0.4, 0.5) is 14.5 Å². The van der Waals surface area contributed by atoms with Gasteiger partial charge in [-0.2, -0.15) is 0 Å². The topological polar surface area (TPSA) is 38.9 Å². The molecule has 0 atom stereocenters. The van der Waals surface area contributed by atoms with Crippen molar-refractivity contribution in [3.63, 3.8) is 0 Å². The van der Waals surface area contributed by atoms with E-state index in [0.29, 0.717) is 9.26 Å². The van der Waals surface area contributed by atoms with Crippen molar-refractivity contribution in [2.24, 2.45) is 0 Å². The molecule has 0 aromatic carbocycles. The van der Waals surface area contributed by atoms with Crippen molar-refractivity contribution in [1.82, 2.24) is 4.98 Å². The van der Waals surface area contributed by atoms with Gasteiger partial charge in [0, 0.05) is 0 Å². The summed E-state index contributed by atoms with van der Waals surface area (Å²) in [6, 6.07) is 0. The number of hydrogen-bond donors (Lipinski definition) is 1. The number of nitrogens with zero attached hydrogens (tertiary/aromatic N) is 1. The second kappa shape index (κ2) is 3.82. The van der Waals surface area contributed by atoms with Crippen LogP contribution in [0.1, 0.15) is 12.1 Å². The third-order valence-corrected chi connectivity index (χ3v) is 3.93. The fraction of sp³-hybridized carbons (Fsp3) is 0.167. The summed E-state index contributed by atoms with van der Waals surface area (Å²) in [5.41, 5.74) is 5.57. The molecule has 2 nitrogen and oxygen atoms in total. The summed E-state index contributed by atoms with van der Waals surface area (Å²) in [5.74, 6) is 0. The summed E-state index contributed by atoms with van der Waals surface area (Å²) in [7, 11) is 0. The van der Waals surface area contributed by atoms with Crippen LogP contribution >= 0.6 is 38.5 Å². The number of alkyl halides is 2. The highest BCUT2D eigenvalue weighted by molar-refractivity contribution is 14.1. The molecule has 1 rings (SSSR count). The fourth-order valence-electron chi connectivity index (χ4n) is 0.644. The molecule has 0 aliphatic heterocycles. The molecule has 0 saturated heterocycles. The van der Waals surface area contributed by atoms with E-state index in [4.69, 9.17) is 5.73 Å². The Bertz CT molecular complexity index is 306. The van der Waals surface area contributed by atoms with Crippen molar-refractivity contribution in [3.8, 4) is 0 Å². The number of halogens is 4. The van der Waals surface area contributed by atoms with Gasteiger partial charge in [0.05, 0.1) is 19.9 Å². The normalized spacial score (nSPS) is 10.8. The van der Waals surface area contributed by atoms with Crippen molar-refractivity contribution in [3.05, 3.63) is 19.9 Å². The van der Waals surface area contributed by atoms with E-state index in [9.17, 15) is 8.78 Å². The van der Waals surface area contributed by atoms with Crippen LogP contribution in [-0.4, -0.2) is 4.98 Å². The Kier molecular flexibility index (Phi) is 3.22. The Balaban J connectivity index is 3.27. The first-order chi connectivity index (χ1) is 5.54. The summed E-state index contributed by atoms with van der Waals surface area (Å²) in [4.78, 5) is 3.51. The molecule has 0 aliphatic rings. The second-order valence-corrected chi connectivity index (χ2v) is 3.90. The quantitative estimate of drug-likeness (QED) is 0.792. The predicted octanol–water partition coefficient (Wildman–Crippen LogP) is 2.97. The SMILES string of the molecule is Nc1cnc(C(F)F)c(Br)c1I. The van der Waals surface area contributed by atoms with Gasteiger partial charge in [0.15, 0.2) is 0 Å². The van der Waals surface area contributed by atoms with Crippen molar-refractivity contribution in [2.45, 2.75) is 6.43 Å². The standard InChI is InChI=1S/C6H4BrF2IN2/c7-3-4(10)2(11)1-12-5(3)6(8)9/h1,6H,11H2. The Hall–Kier alpha value is 0.0200. The highest BCUT2D eigenvalue weighted by atomic mass is 127. The Morgan fingerprint density at radius 1 is 1.58 bits per heavy atom. The van der Waals surface area contributed by atoms with Crippen LogP contribution in [0.2, 0.25) is 0 Å². The monoisotopic (exact) mass is 348 g/mol. The number of nitrogens with two attached hydrogens (primary N) is 1. The molecule has 0 amide bonds. The van der Waals surface area contributed by atoms with Gasteiger partial charge in [0.1, 0.15) is 5.69 Å². The molecule has 0 saturated carbocycles. The first-order valence-electron chi connectivity index (χ1n) is 2.91. The van der Waals surface area contributed by atoms with Crippen LogP contribution in [-0.2, 0) is 0 Å². The number of rotatable bonds is 1. The average molecular weight is 349 g/mol. The van der Waals surface area contributed by atoms with Crippen LogP contribution in [0, 0.1) is 3.57 Å². The molecule has 1 heterocycles. The molecule has 0 unspecified atom stereocenters. The van der Waals surface area contributed by atoms with Gasteiger partial charge in [-0.1, -0.05) is 0 Å². The summed E-state index contributed by atoms with van der Waals surface area (Å²) >= 11 is 4.88. The van der Waals surface area contributed by atoms with Gasteiger partial charge in [-0.15, -0.1) is 0 Å². The van der Waals surface area contributed by atoms with E-state index >= 15 is 0 Å². The van der Waals surface area contributed by atoms with Gasteiger partial charge >= 0.3 is 0 Å². The minimum absolute atomic E-state index is 0.270. The molecule has 2 N–H and O–H groups in total. The molecule has 6 heteroatoms. The van der Waals surface area contributed by atoms with E-state index in [1.165, 1.54) is 6.20 Å². The van der Waals surface area contributed by atoms with Gasteiger partial charge < -0.3 is 5.73 Å². The summed E-state index contributed by atoms with van der Waals surface area (Å²) in [6.07, 6.45) is -1.35. The van der Waals surface area contributed by atoms with Crippen molar-refractivity contribution < 1.29 is 8.78 Å². The minimum Gasteiger partial charge on any atom is -0.397 e. The van der Waals surface area contributed by atoms with Crippen LogP contribution in [0.25, 0.3) is 0 Å². The van der Waals surface area contributed by atoms with Crippen LogP contribution in [0.5, 0.6) is 0 Å². The third-order valence-electron chi connectivity index (χ3n) is 1.22. The molecule has 12 heavy (non-hydrogen) atoms. The lowest BCUT2D eigenvalue weighted by Gasteiger charge is -2.05. The Morgan fingerprint density at radius 3 is 2.67 bits per heavy atom. The second-order valence-electron chi connectivity index (χ2n) is 2.03. The fourth-order valence-corrected chi connectivity index (χ4v) is 1.56. The van der Waals surface area contributed by atoms with E-state index in [2.05, 4.69) is 20.9 Å². The molecule has 0 spiro atoms. The number of aromatic nitrogens is 1. The first kappa shape index (κ1) is 10.1. The number of anilines is 1. The molecule has 0 bridgehead atoms. The van der Waals surface area contributed by atoms with Gasteiger partial charge in [0.25, 0.3) is 6.43 Å². The van der Waals surface area contributed by atoms with E-state index in [-0.39, 0.29) is 10.2 Å². The largest absolute Gasteiger partial charge is 0.397 e. The molecule has 0 radical (unpaired) electrons. The van der Waals surface area contributed by atoms with E-state index < -0.39 is 6.43 Å². The molecular weight excluding hydrogens is 345 g/mol. The molecule has 0 aliphatic carbocycles. The first-order valence-corrected chi connectivity index (χ1v) is 4.78. The number of nitrogen functional groups attached to an aromatic ring is 1. The summed E-state index contributed by atoms with van der Waals surface area (Å²) < 4.78 is 25.2. The van der Waals surface area contributed by atoms with Gasteiger partial charge in [-0.25, -0.2) is 8.78 Å². The number of hydrogen-bond acceptors (Lipinski definition) is 2. The molecule has 66 valence electrons. The van der Waals surface area contributed by atoms with Crippen molar-refractivity contribution >= 4 is 44.2 Å². The zero-order valence-electron chi connectivity index (χ0n) is 5.69. The number of pyridine rings is 1. The van der Waals surface area contributed by atoms with Gasteiger partial charge in [0.2, 0.25) is 0 Å². The lowest BCUT2D eigenvalue weighted by molar-refractivity contribution is 0.145. The lowest BCUT2D eigenvalue weighted by Crippen LogP contribution is -1.98. The zero-order chi connectivity index (χ0) is 9.30. The van der Waals surface area contributed by atoms with Crippen LogP contribution in [0.15, 0.2) is 10.7 Å². The molecular formula is C6H4BrF2IN2. The Morgan fingerprint density at radius 2 is 2.17 bits per heavy atom. The predicted molar refractivity (Wildman–Crippen MR) is 54.0 cm³/mol. The lowest BCUT2D eigenvalue weighted by atomic mass is 10.3. The molecule has 1 aromatic heterocycles. The third kappa shape index (κ3) is 1.85. The van der Waals surface area contributed by atoms with Gasteiger partial charge in [-0.3, -0.25) is 4.98 Å². The molecule has 1 aromatic rings. The van der Waals surface area contributed by atoms with E-state index in [1.807, 2.05) is 22.6 Å². The van der Waals surface area contributed by atoms with Crippen molar-refractivity contribution in [1.29, 1.82) is 0 Å². The zero-order valence-corrected chi connectivity index (χ0v) is 9.43. The smallest absolute Gasteiger partial charge is 0.281 e. The van der Waals surface area contributed by atoms with Gasteiger partial charge in [-0.05, 0) is 38.5 Å². The minimum atomic E-state index is -2.58. The average Bonchev–Trinajstić information content (AvgIpc) is 2.00. The summed E-state index contributed by atoms with van der Waals surface area (Å²) in [5, 5.41) is 0. The maximum atomic E-state index is 12.2. The van der Waals surface area contributed by atoms with Crippen molar-refractivity contribution in [2.75, 3.05) is 5.73 Å². The highest BCUT2D eigenvalue weighted by Gasteiger charge is 2.16. The highest BCUT2D eigenvalue weighted by Crippen LogP contribution is 2.31.